The summed E-state index contributed by atoms with van der Waals surface area (Å²) < 4.78 is 0. The Kier molecular flexibility index (Phi) is 1.74. The lowest BCUT2D eigenvalue weighted by atomic mass is 9.81. The molecule has 3 unspecified atom stereocenters. The molecule has 0 nitrogen and oxygen atoms in total. The fraction of sp³-hybridized carbons (Fsp3) is 1.00. The fourth-order valence-corrected chi connectivity index (χ4v) is 2.90. The summed E-state index contributed by atoms with van der Waals surface area (Å²) in [5, 5.41) is 0. The highest BCUT2D eigenvalue weighted by Crippen LogP contribution is 2.62. The van der Waals surface area contributed by atoms with Crippen molar-refractivity contribution in [1.29, 1.82) is 0 Å². The summed E-state index contributed by atoms with van der Waals surface area (Å²) in [4.78, 5) is 0. The van der Waals surface area contributed by atoms with Crippen molar-refractivity contribution in [2.45, 2.75) is 52.4 Å². The Morgan fingerprint density at radius 3 is 2.91 bits per heavy atom. The van der Waals surface area contributed by atoms with Crippen molar-refractivity contribution in [3.8, 4) is 0 Å². The van der Waals surface area contributed by atoms with Gasteiger partial charge in [0.2, 0.25) is 0 Å². The van der Waals surface area contributed by atoms with Gasteiger partial charge in [-0.25, -0.2) is 0 Å². The van der Waals surface area contributed by atoms with Gasteiger partial charge in [0, 0.05) is 0 Å². The molecule has 0 amide bonds. The molecule has 11 heavy (non-hydrogen) atoms. The quantitative estimate of drug-likeness (QED) is 0.567. The first-order valence-electron chi connectivity index (χ1n) is 5.24. The molecule has 64 valence electrons. The summed E-state index contributed by atoms with van der Waals surface area (Å²) in [5.74, 6) is 2.23. The Bertz CT molecular complexity index is 150. The molecule has 0 aromatic carbocycles. The molecule has 0 aliphatic heterocycles. The van der Waals surface area contributed by atoms with E-state index < -0.39 is 0 Å². The minimum Gasteiger partial charge on any atom is -0.0654 e. The smallest absolute Gasteiger partial charge is 0.0294 e. The van der Waals surface area contributed by atoms with Gasteiger partial charge in [0.1, 0.15) is 0 Å². The van der Waals surface area contributed by atoms with Crippen molar-refractivity contribution in [2.24, 2.45) is 17.3 Å². The zero-order valence-electron chi connectivity index (χ0n) is 7.90. The van der Waals surface area contributed by atoms with E-state index in [0.717, 1.165) is 17.3 Å². The van der Waals surface area contributed by atoms with E-state index in [2.05, 4.69) is 13.8 Å². The third-order valence-electron chi connectivity index (χ3n) is 3.98. The highest BCUT2D eigenvalue weighted by Gasteiger charge is 2.52. The molecule has 2 saturated carbocycles. The van der Waals surface area contributed by atoms with Gasteiger partial charge in [-0.3, -0.25) is 0 Å². The van der Waals surface area contributed by atoms with E-state index in [1.165, 1.54) is 25.7 Å². The largest absolute Gasteiger partial charge is 0.0654 e. The van der Waals surface area contributed by atoms with Crippen molar-refractivity contribution in [1.82, 2.24) is 0 Å². The third-order valence-corrected chi connectivity index (χ3v) is 3.98. The molecule has 2 aliphatic rings. The normalized spacial score (nSPS) is 48.5. The maximum absolute atomic E-state index is 2.49. The highest BCUT2D eigenvalue weighted by atomic mass is 14.6. The van der Waals surface area contributed by atoms with Crippen LogP contribution in [0.2, 0.25) is 0 Å². The Balaban J connectivity index is 1.83. The van der Waals surface area contributed by atoms with Crippen LogP contribution in [0.15, 0.2) is 0 Å². The second-order valence-electron chi connectivity index (χ2n) is 4.98. The summed E-state index contributed by atoms with van der Waals surface area (Å²) in [5.41, 5.74) is 0.824. The van der Waals surface area contributed by atoms with Gasteiger partial charge in [0.15, 0.2) is 0 Å². The first-order chi connectivity index (χ1) is 5.24. The second kappa shape index (κ2) is 2.50. The van der Waals surface area contributed by atoms with Crippen molar-refractivity contribution in [3.63, 3.8) is 0 Å². The van der Waals surface area contributed by atoms with E-state index in [0.29, 0.717) is 0 Å². The number of hydrogen-bond acceptors (Lipinski definition) is 0. The van der Waals surface area contributed by atoms with Gasteiger partial charge in [0.25, 0.3) is 0 Å². The zero-order valence-corrected chi connectivity index (χ0v) is 7.90. The van der Waals surface area contributed by atoms with Crippen molar-refractivity contribution in [3.05, 3.63) is 0 Å². The molecule has 2 fully saturated rings. The van der Waals surface area contributed by atoms with Gasteiger partial charge in [0.05, 0.1) is 0 Å². The van der Waals surface area contributed by atoms with Gasteiger partial charge in [-0.15, -0.1) is 0 Å². The van der Waals surface area contributed by atoms with Gasteiger partial charge in [-0.05, 0) is 42.9 Å². The molecule has 0 saturated heterocycles. The molecule has 0 aromatic heterocycles. The minimum absolute atomic E-state index is 0.824. The highest BCUT2D eigenvalue weighted by molar-refractivity contribution is 5.02. The molecular weight excluding hydrogens is 132 g/mol. The molecular formula is C11H20. The molecule has 0 bridgehead atoms. The molecule has 3 atom stereocenters. The van der Waals surface area contributed by atoms with Gasteiger partial charge in [-0.1, -0.05) is 26.7 Å². The molecule has 2 rings (SSSR count). The summed E-state index contributed by atoms with van der Waals surface area (Å²) in [6.07, 6.45) is 9.06. The van der Waals surface area contributed by atoms with E-state index in [1.54, 1.807) is 12.8 Å². The van der Waals surface area contributed by atoms with Crippen LogP contribution in [0.4, 0.5) is 0 Å². The average Bonchev–Trinajstić information content (AvgIpc) is 2.61. The second-order valence-corrected chi connectivity index (χ2v) is 4.98. The van der Waals surface area contributed by atoms with Gasteiger partial charge >= 0.3 is 0 Å². The maximum Gasteiger partial charge on any atom is -0.0294 e. The van der Waals surface area contributed by atoms with E-state index >= 15 is 0 Å². The number of rotatable bonds is 2. The number of fused-ring (bicyclic) bond motifs is 1. The van der Waals surface area contributed by atoms with Crippen LogP contribution < -0.4 is 0 Å². The van der Waals surface area contributed by atoms with Crippen molar-refractivity contribution >= 4 is 0 Å². The van der Waals surface area contributed by atoms with Gasteiger partial charge < -0.3 is 0 Å². The number of hydrogen-bond donors (Lipinski definition) is 0. The van der Waals surface area contributed by atoms with Crippen LogP contribution in [0, 0.1) is 17.3 Å². The lowest BCUT2D eigenvalue weighted by Crippen LogP contribution is -2.13. The van der Waals surface area contributed by atoms with E-state index in [4.69, 9.17) is 0 Å². The van der Waals surface area contributed by atoms with Crippen molar-refractivity contribution < 1.29 is 0 Å². The zero-order chi connectivity index (χ0) is 7.90. The van der Waals surface area contributed by atoms with Crippen molar-refractivity contribution in [2.75, 3.05) is 0 Å². The molecule has 0 N–H and O–H groups in total. The molecule has 0 spiro atoms. The molecule has 0 heteroatoms. The molecule has 2 aliphatic carbocycles. The van der Waals surface area contributed by atoms with Crippen LogP contribution in [-0.4, -0.2) is 0 Å². The Labute approximate surface area is 70.4 Å². The summed E-state index contributed by atoms with van der Waals surface area (Å²) in [7, 11) is 0. The maximum atomic E-state index is 2.49. The lowest BCUT2D eigenvalue weighted by molar-refractivity contribution is 0.266. The molecule has 0 heterocycles. The first kappa shape index (κ1) is 7.64. The standard InChI is InChI=1S/C11H20/c1-3-4-9-5-6-11(2)8-10(11)7-9/h9-10H,3-8H2,1-2H3. The van der Waals surface area contributed by atoms with Gasteiger partial charge in [-0.2, -0.15) is 0 Å². The molecule has 0 aromatic rings. The minimum atomic E-state index is 0.824. The van der Waals surface area contributed by atoms with Crippen LogP contribution in [0.3, 0.4) is 0 Å². The lowest BCUT2D eigenvalue weighted by Gasteiger charge is -2.25. The predicted molar refractivity (Wildman–Crippen MR) is 48.5 cm³/mol. The fourth-order valence-electron chi connectivity index (χ4n) is 2.90. The van der Waals surface area contributed by atoms with Crippen LogP contribution >= 0.6 is 0 Å². The Hall–Kier alpha value is 0. The molecule has 0 radical (unpaired) electrons. The third kappa shape index (κ3) is 1.32. The van der Waals surface area contributed by atoms with E-state index in [9.17, 15) is 0 Å². The topological polar surface area (TPSA) is 0 Å². The van der Waals surface area contributed by atoms with Crippen LogP contribution in [-0.2, 0) is 0 Å². The first-order valence-corrected chi connectivity index (χ1v) is 5.24. The van der Waals surface area contributed by atoms with E-state index in [-0.39, 0.29) is 0 Å². The average molecular weight is 152 g/mol. The van der Waals surface area contributed by atoms with Crippen LogP contribution in [0.5, 0.6) is 0 Å². The summed E-state index contributed by atoms with van der Waals surface area (Å²) in [6.45, 7) is 4.81. The Morgan fingerprint density at radius 1 is 1.45 bits per heavy atom. The van der Waals surface area contributed by atoms with Crippen LogP contribution in [0.25, 0.3) is 0 Å². The van der Waals surface area contributed by atoms with Crippen LogP contribution in [0.1, 0.15) is 52.4 Å². The predicted octanol–water partition coefficient (Wildman–Crippen LogP) is 3.61. The Morgan fingerprint density at radius 2 is 2.27 bits per heavy atom. The SMILES string of the molecule is CCCC1CCC2(C)CC2C1. The summed E-state index contributed by atoms with van der Waals surface area (Å²) >= 11 is 0. The summed E-state index contributed by atoms with van der Waals surface area (Å²) in [6, 6.07) is 0. The monoisotopic (exact) mass is 152 g/mol. The van der Waals surface area contributed by atoms with E-state index in [1.807, 2.05) is 0 Å².